The first-order chi connectivity index (χ1) is 13.4. The molecule has 0 amide bonds. The molecule has 1 fully saturated rings. The van der Waals surface area contributed by atoms with Gasteiger partial charge in [-0.1, -0.05) is 50.2 Å². The van der Waals surface area contributed by atoms with Crippen LogP contribution in [0.3, 0.4) is 0 Å². The van der Waals surface area contributed by atoms with E-state index in [1.54, 1.807) is 16.4 Å². The molecule has 28 heavy (non-hydrogen) atoms. The first-order valence-electron chi connectivity index (χ1n) is 9.95. The third-order valence-corrected chi connectivity index (χ3v) is 7.05. The van der Waals surface area contributed by atoms with E-state index in [2.05, 4.69) is 30.9 Å². The minimum Gasteiger partial charge on any atom is -0.492 e. The molecule has 0 aromatic heterocycles. The van der Waals surface area contributed by atoms with E-state index in [0.717, 1.165) is 25.2 Å². The maximum absolute atomic E-state index is 13.4. The molecular weight excluding hydrogens is 372 g/mol. The largest absolute Gasteiger partial charge is 0.492 e. The lowest BCUT2D eigenvalue weighted by Crippen LogP contribution is -2.48. The van der Waals surface area contributed by atoms with Gasteiger partial charge >= 0.3 is 0 Å². The monoisotopic (exact) mass is 402 g/mol. The summed E-state index contributed by atoms with van der Waals surface area (Å²) in [5.74, 6) is 0.700. The van der Waals surface area contributed by atoms with E-state index in [1.165, 1.54) is 5.56 Å². The van der Waals surface area contributed by atoms with Crippen molar-refractivity contribution in [2.45, 2.75) is 38.1 Å². The van der Waals surface area contributed by atoms with Crippen molar-refractivity contribution in [2.75, 3.05) is 32.8 Å². The predicted molar refractivity (Wildman–Crippen MR) is 112 cm³/mol. The molecule has 6 heteroatoms. The van der Waals surface area contributed by atoms with E-state index >= 15 is 0 Å². The summed E-state index contributed by atoms with van der Waals surface area (Å²) in [7, 11) is -3.59. The third kappa shape index (κ3) is 4.74. The summed E-state index contributed by atoms with van der Waals surface area (Å²) in [4.78, 5) is 2.59. The van der Waals surface area contributed by atoms with Crippen LogP contribution in [0.25, 0.3) is 0 Å². The van der Waals surface area contributed by atoms with Crippen molar-refractivity contribution in [3.63, 3.8) is 0 Å². The average Bonchev–Trinajstić information content (AvgIpc) is 2.69. The van der Waals surface area contributed by atoms with Crippen LogP contribution >= 0.6 is 0 Å². The zero-order valence-corrected chi connectivity index (χ0v) is 17.8. The normalized spacial score (nSPS) is 16.4. The van der Waals surface area contributed by atoms with Crippen LogP contribution in [-0.4, -0.2) is 50.4 Å². The zero-order chi connectivity index (χ0) is 20.1. The molecule has 1 heterocycles. The Hall–Kier alpha value is -1.89. The quantitative estimate of drug-likeness (QED) is 0.708. The van der Waals surface area contributed by atoms with Gasteiger partial charge < -0.3 is 4.74 Å². The smallest absolute Gasteiger partial charge is 0.246 e. The second kappa shape index (κ2) is 9.07. The number of benzene rings is 2. The number of hydrogen-bond donors (Lipinski definition) is 0. The van der Waals surface area contributed by atoms with Gasteiger partial charge in [-0.3, -0.25) is 4.90 Å². The standard InChI is InChI=1S/C22H30N2O3S/c1-4-27-21-11-10-20(18(2)3)16-22(21)28(25,26)24-14-12-23(13-15-24)17-19-8-6-5-7-9-19/h5-11,16,18H,4,12-15,17H2,1-3H3. The molecule has 0 unspecified atom stereocenters. The first-order valence-corrected chi connectivity index (χ1v) is 11.4. The lowest BCUT2D eigenvalue weighted by Gasteiger charge is -2.34. The van der Waals surface area contributed by atoms with Gasteiger partial charge in [-0.2, -0.15) is 4.31 Å². The topological polar surface area (TPSA) is 49.9 Å². The van der Waals surface area contributed by atoms with Crippen molar-refractivity contribution in [1.82, 2.24) is 9.21 Å². The summed E-state index contributed by atoms with van der Waals surface area (Å²) in [6.07, 6.45) is 0. The number of ether oxygens (including phenoxy) is 1. The van der Waals surface area contributed by atoms with E-state index in [4.69, 9.17) is 4.74 Å². The fraction of sp³-hybridized carbons (Fsp3) is 0.455. The SMILES string of the molecule is CCOc1ccc(C(C)C)cc1S(=O)(=O)N1CCN(Cc2ccccc2)CC1. The van der Waals surface area contributed by atoms with Crippen molar-refractivity contribution < 1.29 is 13.2 Å². The van der Waals surface area contributed by atoms with Crippen molar-refractivity contribution in [2.24, 2.45) is 0 Å². The summed E-state index contributed by atoms with van der Waals surface area (Å²) in [5, 5.41) is 0. The van der Waals surface area contributed by atoms with Gasteiger partial charge in [-0.05, 0) is 36.1 Å². The molecule has 152 valence electrons. The Kier molecular flexibility index (Phi) is 6.75. The third-order valence-electron chi connectivity index (χ3n) is 5.13. The van der Waals surface area contributed by atoms with Crippen molar-refractivity contribution in [3.8, 4) is 5.75 Å². The van der Waals surface area contributed by atoms with Crippen LogP contribution in [0, 0.1) is 0 Å². The highest BCUT2D eigenvalue weighted by molar-refractivity contribution is 7.89. The molecule has 1 aliphatic rings. The number of sulfonamides is 1. The van der Waals surface area contributed by atoms with E-state index in [0.29, 0.717) is 25.4 Å². The van der Waals surface area contributed by atoms with Gasteiger partial charge in [0.15, 0.2) is 0 Å². The predicted octanol–water partition coefficient (Wildman–Crippen LogP) is 3.72. The van der Waals surface area contributed by atoms with E-state index in [-0.39, 0.29) is 10.8 Å². The highest BCUT2D eigenvalue weighted by Crippen LogP contribution is 2.31. The van der Waals surface area contributed by atoms with Crippen molar-refractivity contribution >= 4 is 10.0 Å². The molecule has 0 aliphatic carbocycles. The number of nitrogens with zero attached hydrogens (tertiary/aromatic N) is 2. The highest BCUT2D eigenvalue weighted by Gasteiger charge is 2.31. The Morgan fingerprint density at radius 1 is 1.00 bits per heavy atom. The molecule has 0 saturated carbocycles. The first kappa shape index (κ1) is 20.8. The molecule has 0 atom stereocenters. The van der Waals surface area contributed by atoms with Gasteiger partial charge in [-0.15, -0.1) is 0 Å². The highest BCUT2D eigenvalue weighted by atomic mass is 32.2. The molecule has 3 rings (SSSR count). The zero-order valence-electron chi connectivity index (χ0n) is 17.0. The van der Waals surface area contributed by atoms with E-state index in [1.807, 2.05) is 31.2 Å². The van der Waals surface area contributed by atoms with Crippen LogP contribution < -0.4 is 4.74 Å². The molecule has 1 saturated heterocycles. The van der Waals surface area contributed by atoms with Crippen LogP contribution in [0.1, 0.15) is 37.8 Å². The Morgan fingerprint density at radius 2 is 1.68 bits per heavy atom. The van der Waals surface area contributed by atoms with Gasteiger partial charge in [-0.25, -0.2) is 8.42 Å². The summed E-state index contributed by atoms with van der Waals surface area (Å²) >= 11 is 0. The van der Waals surface area contributed by atoms with Crippen LogP contribution in [0.4, 0.5) is 0 Å². The van der Waals surface area contributed by atoms with Gasteiger partial charge in [0, 0.05) is 32.7 Å². The second-order valence-electron chi connectivity index (χ2n) is 7.46. The van der Waals surface area contributed by atoms with Crippen LogP contribution in [0.2, 0.25) is 0 Å². The fourth-order valence-corrected chi connectivity index (χ4v) is 5.06. The number of piperazine rings is 1. The van der Waals surface area contributed by atoms with E-state index in [9.17, 15) is 8.42 Å². The molecule has 2 aromatic rings. The molecule has 0 spiro atoms. The number of rotatable bonds is 7. The number of hydrogen-bond acceptors (Lipinski definition) is 4. The van der Waals surface area contributed by atoms with Crippen molar-refractivity contribution in [1.29, 1.82) is 0 Å². The van der Waals surface area contributed by atoms with Crippen LogP contribution in [0.15, 0.2) is 53.4 Å². The summed E-state index contributed by atoms with van der Waals surface area (Å²) < 4.78 is 33.9. The Balaban J connectivity index is 1.75. The Labute approximate surface area is 169 Å². The van der Waals surface area contributed by atoms with Gasteiger partial charge in [0.25, 0.3) is 0 Å². The minimum absolute atomic E-state index is 0.257. The van der Waals surface area contributed by atoms with Gasteiger partial charge in [0.2, 0.25) is 10.0 Å². The molecule has 0 bridgehead atoms. The van der Waals surface area contributed by atoms with E-state index < -0.39 is 10.0 Å². The Bertz CT molecular complexity index is 874. The lowest BCUT2D eigenvalue weighted by atomic mass is 10.0. The molecule has 0 radical (unpaired) electrons. The molecule has 1 aliphatic heterocycles. The van der Waals surface area contributed by atoms with Crippen LogP contribution in [-0.2, 0) is 16.6 Å². The maximum Gasteiger partial charge on any atom is 0.246 e. The summed E-state index contributed by atoms with van der Waals surface area (Å²) in [6.45, 7) is 9.72. The maximum atomic E-state index is 13.4. The molecule has 2 aromatic carbocycles. The average molecular weight is 403 g/mol. The summed E-state index contributed by atoms with van der Waals surface area (Å²) in [6, 6.07) is 15.8. The summed E-state index contributed by atoms with van der Waals surface area (Å²) in [5.41, 5.74) is 2.26. The van der Waals surface area contributed by atoms with Crippen LogP contribution in [0.5, 0.6) is 5.75 Å². The fourth-order valence-electron chi connectivity index (χ4n) is 3.47. The minimum atomic E-state index is -3.59. The van der Waals surface area contributed by atoms with Gasteiger partial charge in [0.1, 0.15) is 10.6 Å². The lowest BCUT2D eigenvalue weighted by molar-refractivity contribution is 0.181. The van der Waals surface area contributed by atoms with Crippen molar-refractivity contribution in [3.05, 3.63) is 59.7 Å². The molecule has 0 N–H and O–H groups in total. The Morgan fingerprint density at radius 3 is 2.29 bits per heavy atom. The molecule has 5 nitrogen and oxygen atoms in total. The molecular formula is C22H30N2O3S. The van der Waals surface area contributed by atoms with Gasteiger partial charge in [0.05, 0.1) is 6.61 Å². The second-order valence-corrected chi connectivity index (χ2v) is 9.37.